The molecule has 0 spiro atoms. The smallest absolute Gasteiger partial charge is 0.312 e. The molecule has 2 rings (SSSR count). The van der Waals surface area contributed by atoms with Crippen LogP contribution in [0.1, 0.15) is 6.92 Å². The summed E-state index contributed by atoms with van der Waals surface area (Å²) in [6.07, 6.45) is 1.56. The first-order chi connectivity index (χ1) is 9.60. The lowest BCUT2D eigenvalue weighted by Crippen LogP contribution is -2.45. The molecule has 0 saturated carbocycles. The number of hydrogen-bond acceptors (Lipinski definition) is 6. The molecule has 1 saturated heterocycles. The molecule has 110 valence electrons. The van der Waals surface area contributed by atoms with Gasteiger partial charge in [-0.25, -0.2) is 4.98 Å². The summed E-state index contributed by atoms with van der Waals surface area (Å²) in [5, 5.41) is 14.0. The average molecular weight is 345 g/mol. The number of nitro groups is 1. The van der Waals surface area contributed by atoms with Crippen molar-refractivity contribution in [3.8, 4) is 0 Å². The van der Waals surface area contributed by atoms with Gasteiger partial charge in [-0.2, -0.15) is 0 Å². The van der Waals surface area contributed by atoms with Crippen molar-refractivity contribution in [2.75, 3.05) is 38.1 Å². The van der Waals surface area contributed by atoms with Crippen LogP contribution in [0.15, 0.2) is 16.7 Å². The molecule has 1 atom stereocenters. The van der Waals surface area contributed by atoms with Crippen molar-refractivity contribution >= 4 is 27.4 Å². The van der Waals surface area contributed by atoms with Gasteiger partial charge in [0.05, 0.1) is 17.6 Å². The lowest BCUT2D eigenvalue weighted by Gasteiger charge is -2.32. The number of rotatable bonds is 5. The van der Waals surface area contributed by atoms with Crippen LogP contribution in [0.25, 0.3) is 0 Å². The first kappa shape index (κ1) is 15.1. The highest BCUT2D eigenvalue weighted by Crippen LogP contribution is 2.25. The van der Waals surface area contributed by atoms with Crippen LogP contribution in [-0.4, -0.2) is 53.7 Å². The lowest BCUT2D eigenvalue weighted by molar-refractivity contribution is -0.384. The minimum Gasteiger partial charge on any atom is -0.374 e. The zero-order valence-corrected chi connectivity index (χ0v) is 12.8. The van der Waals surface area contributed by atoms with E-state index >= 15 is 0 Å². The molecule has 0 bridgehead atoms. The number of nitrogens with zero attached hydrogens (tertiary/aromatic N) is 3. The van der Waals surface area contributed by atoms with E-state index in [2.05, 4.69) is 38.1 Å². The minimum absolute atomic E-state index is 0.0220. The molecule has 1 aromatic rings. The van der Waals surface area contributed by atoms with Crippen LogP contribution in [0.4, 0.5) is 11.5 Å². The van der Waals surface area contributed by atoms with E-state index in [0.29, 0.717) is 17.6 Å². The van der Waals surface area contributed by atoms with E-state index < -0.39 is 4.92 Å². The molecule has 1 unspecified atom stereocenters. The Kier molecular flexibility index (Phi) is 5.27. The first-order valence-electron chi connectivity index (χ1n) is 6.48. The maximum Gasteiger partial charge on any atom is 0.312 e. The van der Waals surface area contributed by atoms with Crippen LogP contribution >= 0.6 is 15.9 Å². The van der Waals surface area contributed by atoms with Crippen molar-refractivity contribution in [3.63, 3.8) is 0 Å². The Morgan fingerprint density at radius 1 is 1.70 bits per heavy atom. The third kappa shape index (κ3) is 3.87. The number of pyridine rings is 1. The van der Waals surface area contributed by atoms with Gasteiger partial charge in [0.1, 0.15) is 0 Å². The number of ether oxygens (including phenoxy) is 1. The van der Waals surface area contributed by atoms with Gasteiger partial charge in [0, 0.05) is 36.4 Å². The summed E-state index contributed by atoms with van der Waals surface area (Å²) in [5.74, 6) is 0.274. The van der Waals surface area contributed by atoms with Gasteiger partial charge >= 0.3 is 5.69 Å². The second kappa shape index (κ2) is 6.96. The molecule has 7 nitrogen and oxygen atoms in total. The summed E-state index contributed by atoms with van der Waals surface area (Å²) in [6.45, 7) is 6.05. The summed E-state index contributed by atoms with van der Waals surface area (Å²) >= 11 is 3.18. The fraction of sp³-hybridized carbons (Fsp3) is 0.583. The number of aromatic nitrogens is 1. The SMILES string of the molecule is CCN1CCOC(CNc2ncc(Br)cc2[N+](=O)[O-])C1. The fourth-order valence-electron chi connectivity index (χ4n) is 2.11. The number of anilines is 1. The highest BCUT2D eigenvalue weighted by molar-refractivity contribution is 9.10. The van der Waals surface area contributed by atoms with E-state index in [0.717, 1.165) is 19.6 Å². The van der Waals surface area contributed by atoms with E-state index in [-0.39, 0.29) is 17.6 Å². The predicted octanol–water partition coefficient (Wildman–Crippen LogP) is 1.88. The molecule has 0 aromatic carbocycles. The zero-order valence-electron chi connectivity index (χ0n) is 11.2. The van der Waals surface area contributed by atoms with Crippen molar-refractivity contribution in [1.82, 2.24) is 9.88 Å². The topological polar surface area (TPSA) is 80.5 Å². The minimum atomic E-state index is -0.444. The Balaban J connectivity index is 1.98. The van der Waals surface area contributed by atoms with E-state index in [1.807, 2.05) is 0 Å². The Hall–Kier alpha value is -1.25. The maximum absolute atomic E-state index is 11.0. The van der Waals surface area contributed by atoms with Crippen LogP contribution in [0.2, 0.25) is 0 Å². The van der Waals surface area contributed by atoms with Crippen LogP contribution < -0.4 is 5.32 Å². The Bertz CT molecular complexity index is 486. The van der Waals surface area contributed by atoms with Crippen molar-refractivity contribution < 1.29 is 9.66 Å². The standard InChI is InChI=1S/C12H17BrN4O3/c1-2-16-3-4-20-10(8-16)7-15-12-11(17(18)19)5-9(13)6-14-12/h5-6,10H,2-4,7-8H2,1H3,(H,14,15). The average Bonchev–Trinajstić information content (AvgIpc) is 2.46. The Labute approximate surface area is 125 Å². The summed E-state index contributed by atoms with van der Waals surface area (Å²) in [6, 6.07) is 1.44. The summed E-state index contributed by atoms with van der Waals surface area (Å²) in [4.78, 5) is 16.9. The van der Waals surface area contributed by atoms with E-state index in [1.54, 1.807) is 0 Å². The summed E-state index contributed by atoms with van der Waals surface area (Å²) < 4.78 is 6.23. The summed E-state index contributed by atoms with van der Waals surface area (Å²) in [7, 11) is 0. The van der Waals surface area contributed by atoms with Crippen LogP contribution in [-0.2, 0) is 4.74 Å². The number of nitrogens with one attached hydrogen (secondary N) is 1. The van der Waals surface area contributed by atoms with Gasteiger partial charge in [-0.1, -0.05) is 6.92 Å². The maximum atomic E-state index is 11.0. The molecule has 1 aliphatic rings. The van der Waals surface area contributed by atoms with Crippen LogP contribution in [0, 0.1) is 10.1 Å². The van der Waals surface area contributed by atoms with Gasteiger partial charge < -0.3 is 10.1 Å². The van der Waals surface area contributed by atoms with Gasteiger partial charge in [-0.3, -0.25) is 15.0 Å². The summed E-state index contributed by atoms with van der Waals surface area (Å²) in [5.41, 5.74) is -0.0393. The monoisotopic (exact) mass is 344 g/mol. The molecule has 0 aliphatic carbocycles. The quantitative estimate of drug-likeness (QED) is 0.648. The van der Waals surface area contributed by atoms with E-state index in [4.69, 9.17) is 4.74 Å². The van der Waals surface area contributed by atoms with Gasteiger partial charge in [-0.05, 0) is 22.5 Å². The van der Waals surface area contributed by atoms with Crippen molar-refractivity contribution in [1.29, 1.82) is 0 Å². The molecule has 1 fully saturated rings. The van der Waals surface area contributed by atoms with Crippen molar-refractivity contribution in [3.05, 3.63) is 26.9 Å². The van der Waals surface area contributed by atoms with Gasteiger partial charge in [0.15, 0.2) is 0 Å². The molecular weight excluding hydrogens is 328 g/mol. The molecule has 2 heterocycles. The molecular formula is C12H17BrN4O3. The molecule has 1 aliphatic heterocycles. The number of halogens is 1. The van der Waals surface area contributed by atoms with Crippen LogP contribution in [0.3, 0.4) is 0 Å². The Morgan fingerprint density at radius 2 is 2.50 bits per heavy atom. The number of likely N-dealkylation sites (N-methyl/N-ethyl adjacent to an activating group) is 1. The highest BCUT2D eigenvalue weighted by atomic mass is 79.9. The second-order valence-corrected chi connectivity index (χ2v) is 5.46. The normalized spacial score (nSPS) is 19.8. The highest BCUT2D eigenvalue weighted by Gasteiger charge is 2.21. The molecule has 1 N–H and O–H groups in total. The number of hydrogen-bond donors (Lipinski definition) is 1. The predicted molar refractivity (Wildman–Crippen MR) is 78.9 cm³/mol. The lowest BCUT2D eigenvalue weighted by atomic mass is 10.2. The van der Waals surface area contributed by atoms with Gasteiger partial charge in [0.2, 0.25) is 5.82 Å². The van der Waals surface area contributed by atoms with Crippen LogP contribution in [0.5, 0.6) is 0 Å². The van der Waals surface area contributed by atoms with E-state index in [1.165, 1.54) is 12.3 Å². The third-order valence-corrected chi connectivity index (χ3v) is 3.63. The molecule has 8 heteroatoms. The molecule has 1 aromatic heterocycles. The largest absolute Gasteiger partial charge is 0.374 e. The van der Waals surface area contributed by atoms with Crippen molar-refractivity contribution in [2.24, 2.45) is 0 Å². The zero-order chi connectivity index (χ0) is 14.5. The first-order valence-corrected chi connectivity index (χ1v) is 7.27. The molecule has 0 radical (unpaired) electrons. The van der Waals surface area contributed by atoms with Gasteiger partial charge in [0.25, 0.3) is 0 Å². The Morgan fingerprint density at radius 3 is 3.20 bits per heavy atom. The third-order valence-electron chi connectivity index (χ3n) is 3.20. The van der Waals surface area contributed by atoms with E-state index in [9.17, 15) is 10.1 Å². The second-order valence-electron chi connectivity index (χ2n) is 4.55. The molecule has 20 heavy (non-hydrogen) atoms. The molecule has 0 amide bonds. The van der Waals surface area contributed by atoms with Gasteiger partial charge in [-0.15, -0.1) is 0 Å². The fourth-order valence-corrected chi connectivity index (χ4v) is 2.42. The number of morpholine rings is 1. The van der Waals surface area contributed by atoms with Crippen molar-refractivity contribution in [2.45, 2.75) is 13.0 Å².